The highest BCUT2D eigenvalue weighted by atomic mass is 15.0. The second kappa shape index (κ2) is 11.5. The van der Waals surface area contributed by atoms with Gasteiger partial charge in [-0.05, 0) is 94.0 Å². The molecule has 0 bridgehead atoms. The number of fused-ring (bicyclic) bond motifs is 6. The number of hydrogen-bond acceptors (Lipinski definition) is 0. The van der Waals surface area contributed by atoms with Gasteiger partial charge in [-0.2, -0.15) is 0 Å². The number of hydrogen-bond donors (Lipinski definition) is 0. The van der Waals surface area contributed by atoms with E-state index < -0.39 is 0 Å². The van der Waals surface area contributed by atoms with Crippen molar-refractivity contribution in [3.8, 4) is 44.8 Å². The lowest BCUT2D eigenvalue weighted by atomic mass is 9.98. The zero-order chi connectivity index (χ0) is 33.0. The summed E-state index contributed by atoms with van der Waals surface area (Å²) in [4.78, 5) is 0. The molecular formula is C48H32N2. The lowest BCUT2D eigenvalue weighted by Gasteiger charge is -2.14. The van der Waals surface area contributed by atoms with Gasteiger partial charge in [0, 0.05) is 32.9 Å². The summed E-state index contributed by atoms with van der Waals surface area (Å²) >= 11 is 0. The first-order chi connectivity index (χ1) is 24.8. The highest BCUT2D eigenvalue weighted by molar-refractivity contribution is 6.11. The predicted molar refractivity (Wildman–Crippen MR) is 211 cm³/mol. The maximum Gasteiger partial charge on any atom is 0.0541 e. The topological polar surface area (TPSA) is 9.86 Å². The molecule has 2 heterocycles. The Balaban J connectivity index is 1.12. The highest BCUT2D eigenvalue weighted by Crippen LogP contribution is 2.38. The number of para-hydroxylation sites is 3. The van der Waals surface area contributed by atoms with Crippen molar-refractivity contribution < 1.29 is 0 Å². The van der Waals surface area contributed by atoms with Crippen molar-refractivity contribution in [1.82, 2.24) is 9.13 Å². The van der Waals surface area contributed by atoms with Crippen molar-refractivity contribution in [2.24, 2.45) is 0 Å². The molecule has 0 atom stereocenters. The zero-order valence-electron chi connectivity index (χ0n) is 27.4. The van der Waals surface area contributed by atoms with E-state index in [1.165, 1.54) is 77.0 Å². The molecule has 0 aliphatic carbocycles. The number of benzene rings is 8. The Bertz CT molecular complexity index is 2730. The number of rotatable bonds is 5. The maximum atomic E-state index is 2.43. The molecule has 0 unspecified atom stereocenters. The van der Waals surface area contributed by atoms with Gasteiger partial charge in [-0.25, -0.2) is 0 Å². The van der Waals surface area contributed by atoms with Crippen LogP contribution in [0.5, 0.6) is 0 Å². The molecule has 2 aromatic heterocycles. The summed E-state index contributed by atoms with van der Waals surface area (Å²) in [5.41, 5.74) is 14.4. The van der Waals surface area contributed by atoms with E-state index in [-0.39, 0.29) is 0 Å². The molecule has 10 aromatic rings. The molecule has 10 rings (SSSR count). The first-order valence-electron chi connectivity index (χ1n) is 17.2. The van der Waals surface area contributed by atoms with Gasteiger partial charge in [-0.3, -0.25) is 0 Å². The fraction of sp³-hybridized carbons (Fsp3) is 0. The van der Waals surface area contributed by atoms with Crippen LogP contribution in [0, 0.1) is 0 Å². The van der Waals surface area contributed by atoms with Crippen molar-refractivity contribution in [2.75, 3.05) is 0 Å². The Kier molecular flexibility index (Phi) is 6.53. The minimum absolute atomic E-state index is 1.15. The van der Waals surface area contributed by atoms with E-state index in [4.69, 9.17) is 0 Å². The van der Waals surface area contributed by atoms with E-state index in [1.54, 1.807) is 0 Å². The predicted octanol–water partition coefficient (Wildman–Crippen LogP) is 12.9. The van der Waals surface area contributed by atoms with Crippen LogP contribution in [-0.4, -0.2) is 9.13 Å². The standard InChI is InChI=1S/C48H32N2/c1-3-13-33(14-4-1)37-29-38(34-15-5-2-6-16-34)31-40(30-37)50-47-22-12-9-19-43(47)44-32-36(25-28-48(44)50)35-23-26-39(27-24-35)49-45-20-10-7-17-41(45)42-18-8-11-21-46(42)49/h1-32H. The van der Waals surface area contributed by atoms with Crippen LogP contribution in [0.15, 0.2) is 194 Å². The van der Waals surface area contributed by atoms with Crippen molar-refractivity contribution in [3.05, 3.63) is 194 Å². The van der Waals surface area contributed by atoms with Crippen LogP contribution < -0.4 is 0 Å². The molecule has 0 aliphatic rings. The minimum Gasteiger partial charge on any atom is -0.309 e. The molecular weight excluding hydrogens is 605 g/mol. The third-order valence-electron chi connectivity index (χ3n) is 10.1. The Morgan fingerprint density at radius 1 is 0.220 bits per heavy atom. The summed E-state index contributed by atoms with van der Waals surface area (Å²) < 4.78 is 4.80. The smallest absolute Gasteiger partial charge is 0.0541 e. The Morgan fingerprint density at radius 3 is 1.16 bits per heavy atom. The van der Waals surface area contributed by atoms with Crippen molar-refractivity contribution in [2.45, 2.75) is 0 Å². The maximum absolute atomic E-state index is 2.43. The van der Waals surface area contributed by atoms with Crippen molar-refractivity contribution in [1.29, 1.82) is 0 Å². The summed E-state index contributed by atoms with van der Waals surface area (Å²) in [5, 5.41) is 5.05. The third kappa shape index (κ3) is 4.57. The van der Waals surface area contributed by atoms with Gasteiger partial charge in [0.15, 0.2) is 0 Å². The first kappa shape index (κ1) is 28.4. The van der Waals surface area contributed by atoms with Crippen LogP contribution in [0.1, 0.15) is 0 Å². The molecule has 8 aromatic carbocycles. The first-order valence-corrected chi connectivity index (χ1v) is 17.2. The summed E-state index contributed by atoms with van der Waals surface area (Å²) in [5.74, 6) is 0. The van der Waals surface area contributed by atoms with Crippen LogP contribution in [0.3, 0.4) is 0 Å². The molecule has 0 fully saturated rings. The molecule has 2 nitrogen and oxygen atoms in total. The number of aromatic nitrogens is 2. The minimum atomic E-state index is 1.15. The van der Waals surface area contributed by atoms with E-state index in [2.05, 4.69) is 203 Å². The fourth-order valence-corrected chi connectivity index (χ4v) is 7.77. The van der Waals surface area contributed by atoms with Gasteiger partial charge in [0.05, 0.1) is 22.1 Å². The van der Waals surface area contributed by atoms with E-state index in [0.717, 1.165) is 11.4 Å². The van der Waals surface area contributed by atoms with Gasteiger partial charge >= 0.3 is 0 Å². The van der Waals surface area contributed by atoms with Crippen LogP contribution in [-0.2, 0) is 0 Å². The van der Waals surface area contributed by atoms with E-state index in [1.807, 2.05) is 0 Å². The molecule has 0 aliphatic heterocycles. The van der Waals surface area contributed by atoms with E-state index >= 15 is 0 Å². The van der Waals surface area contributed by atoms with Crippen LogP contribution >= 0.6 is 0 Å². The van der Waals surface area contributed by atoms with E-state index in [0.29, 0.717) is 0 Å². The molecule has 0 saturated carbocycles. The average Bonchev–Trinajstić information content (AvgIpc) is 3.71. The van der Waals surface area contributed by atoms with E-state index in [9.17, 15) is 0 Å². The fourth-order valence-electron chi connectivity index (χ4n) is 7.77. The normalized spacial score (nSPS) is 11.6. The summed E-state index contributed by atoms with van der Waals surface area (Å²) in [6, 6.07) is 70.4. The van der Waals surface area contributed by atoms with Gasteiger partial charge in [0.25, 0.3) is 0 Å². The largest absolute Gasteiger partial charge is 0.309 e. The van der Waals surface area contributed by atoms with Crippen LogP contribution in [0.4, 0.5) is 0 Å². The summed E-state index contributed by atoms with van der Waals surface area (Å²) in [7, 11) is 0. The Hall–Kier alpha value is -6.64. The molecule has 2 heteroatoms. The van der Waals surface area contributed by atoms with Crippen molar-refractivity contribution >= 4 is 43.6 Å². The molecule has 0 N–H and O–H groups in total. The molecule has 50 heavy (non-hydrogen) atoms. The van der Waals surface area contributed by atoms with Crippen molar-refractivity contribution in [3.63, 3.8) is 0 Å². The molecule has 0 spiro atoms. The molecule has 0 amide bonds. The zero-order valence-corrected chi connectivity index (χ0v) is 27.4. The molecule has 0 saturated heterocycles. The molecule has 234 valence electrons. The quantitative estimate of drug-likeness (QED) is 0.178. The van der Waals surface area contributed by atoms with Gasteiger partial charge in [0.2, 0.25) is 0 Å². The Labute approximate surface area is 290 Å². The highest BCUT2D eigenvalue weighted by Gasteiger charge is 2.16. The van der Waals surface area contributed by atoms with Gasteiger partial charge < -0.3 is 9.13 Å². The second-order valence-corrected chi connectivity index (χ2v) is 13.0. The third-order valence-corrected chi connectivity index (χ3v) is 10.1. The summed E-state index contributed by atoms with van der Waals surface area (Å²) in [6.45, 7) is 0. The summed E-state index contributed by atoms with van der Waals surface area (Å²) in [6.07, 6.45) is 0. The average molecular weight is 637 g/mol. The van der Waals surface area contributed by atoms with Gasteiger partial charge in [-0.15, -0.1) is 0 Å². The second-order valence-electron chi connectivity index (χ2n) is 13.0. The Morgan fingerprint density at radius 2 is 0.620 bits per heavy atom. The number of nitrogens with zero attached hydrogens (tertiary/aromatic N) is 2. The lowest BCUT2D eigenvalue weighted by Crippen LogP contribution is -1.96. The van der Waals surface area contributed by atoms with Crippen LogP contribution in [0.25, 0.3) is 88.4 Å². The monoisotopic (exact) mass is 636 g/mol. The lowest BCUT2D eigenvalue weighted by molar-refractivity contribution is 1.18. The molecule has 0 radical (unpaired) electrons. The van der Waals surface area contributed by atoms with Crippen LogP contribution in [0.2, 0.25) is 0 Å². The SMILES string of the molecule is c1ccc(-c2cc(-c3ccccc3)cc(-n3c4ccccc4c4cc(-c5ccc(-n6c7ccccc7c7ccccc76)cc5)ccc43)c2)cc1. The van der Waals surface area contributed by atoms with Gasteiger partial charge in [0.1, 0.15) is 0 Å². The van der Waals surface area contributed by atoms with Gasteiger partial charge in [-0.1, -0.05) is 133 Å².